The Morgan fingerprint density at radius 3 is 2.54 bits per heavy atom. The Bertz CT molecular complexity index is 631. The van der Waals surface area contributed by atoms with Crippen LogP contribution in [-0.2, 0) is 9.53 Å². The standard InChI is InChI=1S/C23H36O3/c1-13(20(24)25)16-5-6-17-15-11-19(26-4)23-12-14(23)7-10-22(23,3)18(15)8-9-21(16,17)2/h13-19H,5-12H2,1-4H3,(H,24,25)/t13-,14+,15-,16+,17-,18-,19?,21+,22+,23?/m0/s1. The zero-order valence-corrected chi connectivity index (χ0v) is 17.0. The molecule has 1 N–H and O–H groups in total. The predicted molar refractivity (Wildman–Crippen MR) is 101 cm³/mol. The largest absolute Gasteiger partial charge is 0.481 e. The Labute approximate surface area is 158 Å². The first-order chi connectivity index (χ1) is 12.3. The molecule has 1 spiro atoms. The first-order valence-corrected chi connectivity index (χ1v) is 11.0. The lowest BCUT2D eigenvalue weighted by molar-refractivity contribution is -0.164. The quantitative estimate of drug-likeness (QED) is 0.771. The van der Waals surface area contributed by atoms with Crippen LogP contribution in [-0.4, -0.2) is 24.3 Å². The maximum absolute atomic E-state index is 11.7. The molecule has 5 fully saturated rings. The Hall–Kier alpha value is -0.570. The minimum atomic E-state index is -0.597. The lowest BCUT2D eigenvalue weighted by Crippen LogP contribution is -2.57. The molecule has 2 unspecified atom stereocenters. The van der Waals surface area contributed by atoms with Gasteiger partial charge < -0.3 is 9.84 Å². The summed E-state index contributed by atoms with van der Waals surface area (Å²) in [4.78, 5) is 11.7. The number of carboxylic acids is 1. The summed E-state index contributed by atoms with van der Waals surface area (Å²) in [5.74, 6) is 2.78. The zero-order valence-electron chi connectivity index (χ0n) is 17.0. The third-order valence-corrected chi connectivity index (χ3v) is 10.9. The second-order valence-electron chi connectivity index (χ2n) is 11.1. The van der Waals surface area contributed by atoms with Crippen LogP contribution in [0.5, 0.6) is 0 Å². The van der Waals surface area contributed by atoms with E-state index in [0.717, 1.165) is 24.2 Å². The van der Waals surface area contributed by atoms with E-state index < -0.39 is 5.97 Å². The van der Waals surface area contributed by atoms with E-state index in [9.17, 15) is 9.90 Å². The summed E-state index contributed by atoms with van der Waals surface area (Å²) in [5, 5.41) is 9.64. The predicted octanol–water partition coefficient (Wildman–Crippen LogP) is 4.99. The van der Waals surface area contributed by atoms with Crippen molar-refractivity contribution in [3.8, 4) is 0 Å². The lowest BCUT2D eigenvalue weighted by Gasteiger charge is -2.61. The molecule has 146 valence electrons. The number of hydrogen-bond donors (Lipinski definition) is 1. The summed E-state index contributed by atoms with van der Waals surface area (Å²) in [6.07, 6.45) is 10.8. The number of carboxylic acid groups (broad SMARTS) is 1. The number of fused-ring (bicyclic) bond motifs is 4. The van der Waals surface area contributed by atoms with Crippen molar-refractivity contribution in [2.45, 2.75) is 78.2 Å². The average molecular weight is 361 g/mol. The van der Waals surface area contributed by atoms with Crippen LogP contribution in [0.15, 0.2) is 0 Å². The Morgan fingerprint density at radius 2 is 1.88 bits per heavy atom. The third kappa shape index (κ3) is 1.82. The van der Waals surface area contributed by atoms with E-state index in [-0.39, 0.29) is 11.3 Å². The molecular weight excluding hydrogens is 324 g/mol. The van der Waals surface area contributed by atoms with Gasteiger partial charge in [-0.3, -0.25) is 4.79 Å². The summed E-state index contributed by atoms with van der Waals surface area (Å²) in [6.45, 7) is 7.00. The Balaban J connectivity index is 1.49. The molecule has 0 heterocycles. The highest BCUT2D eigenvalue weighted by atomic mass is 16.5. The maximum Gasteiger partial charge on any atom is 0.306 e. The molecule has 3 heteroatoms. The van der Waals surface area contributed by atoms with Crippen LogP contribution in [0.2, 0.25) is 0 Å². The van der Waals surface area contributed by atoms with Gasteiger partial charge in [0.15, 0.2) is 0 Å². The van der Waals surface area contributed by atoms with E-state index in [4.69, 9.17) is 4.74 Å². The van der Waals surface area contributed by atoms with Gasteiger partial charge in [0.05, 0.1) is 12.0 Å². The fourth-order valence-electron chi connectivity index (χ4n) is 9.61. The van der Waals surface area contributed by atoms with Crippen LogP contribution < -0.4 is 0 Å². The van der Waals surface area contributed by atoms with E-state index >= 15 is 0 Å². The summed E-state index contributed by atoms with van der Waals surface area (Å²) in [7, 11) is 1.94. The van der Waals surface area contributed by atoms with Crippen molar-refractivity contribution in [3.05, 3.63) is 0 Å². The van der Waals surface area contributed by atoms with Gasteiger partial charge in [0.1, 0.15) is 0 Å². The molecular formula is C23H36O3. The average Bonchev–Trinajstić information content (AvgIpc) is 3.12. The number of methoxy groups -OCH3 is 1. The van der Waals surface area contributed by atoms with Crippen molar-refractivity contribution in [1.29, 1.82) is 0 Å². The molecule has 0 aromatic carbocycles. The number of aliphatic carboxylic acids is 1. The van der Waals surface area contributed by atoms with Crippen molar-refractivity contribution in [2.75, 3.05) is 7.11 Å². The molecule has 3 nitrogen and oxygen atoms in total. The molecule has 0 radical (unpaired) electrons. The molecule has 10 atom stereocenters. The molecule has 0 saturated heterocycles. The summed E-state index contributed by atoms with van der Waals surface area (Å²) < 4.78 is 6.16. The molecule has 26 heavy (non-hydrogen) atoms. The number of ether oxygens (including phenoxy) is 1. The molecule has 5 rings (SSSR count). The molecule has 0 amide bonds. The minimum Gasteiger partial charge on any atom is -0.481 e. The topological polar surface area (TPSA) is 46.5 Å². The first kappa shape index (κ1) is 17.5. The molecule has 0 aromatic heterocycles. The van der Waals surface area contributed by atoms with Crippen LogP contribution in [0.1, 0.15) is 72.1 Å². The highest BCUT2D eigenvalue weighted by Gasteiger charge is 2.77. The second kappa shape index (κ2) is 5.27. The summed E-state index contributed by atoms with van der Waals surface area (Å²) in [6, 6.07) is 0. The fraction of sp³-hybridized carbons (Fsp3) is 0.957. The molecule has 0 aliphatic heterocycles. The minimum absolute atomic E-state index is 0.204. The third-order valence-electron chi connectivity index (χ3n) is 10.9. The molecule has 0 aromatic rings. The van der Waals surface area contributed by atoms with Crippen LogP contribution >= 0.6 is 0 Å². The molecule has 5 aliphatic rings. The van der Waals surface area contributed by atoms with Gasteiger partial charge >= 0.3 is 5.97 Å². The van der Waals surface area contributed by atoms with Crippen LogP contribution in [0.25, 0.3) is 0 Å². The van der Waals surface area contributed by atoms with Gasteiger partial charge in [0.25, 0.3) is 0 Å². The summed E-state index contributed by atoms with van der Waals surface area (Å²) >= 11 is 0. The van der Waals surface area contributed by atoms with Crippen molar-refractivity contribution in [1.82, 2.24) is 0 Å². The van der Waals surface area contributed by atoms with E-state index in [1.165, 1.54) is 44.9 Å². The maximum atomic E-state index is 11.7. The van der Waals surface area contributed by atoms with E-state index in [1.807, 2.05) is 14.0 Å². The van der Waals surface area contributed by atoms with Crippen molar-refractivity contribution in [2.24, 2.45) is 51.8 Å². The van der Waals surface area contributed by atoms with E-state index in [2.05, 4.69) is 13.8 Å². The first-order valence-electron chi connectivity index (χ1n) is 11.0. The zero-order chi connectivity index (χ0) is 18.5. The van der Waals surface area contributed by atoms with Gasteiger partial charge in [-0.1, -0.05) is 20.8 Å². The van der Waals surface area contributed by atoms with Crippen molar-refractivity contribution >= 4 is 5.97 Å². The van der Waals surface area contributed by atoms with Gasteiger partial charge in [-0.2, -0.15) is 0 Å². The normalized spacial score (nSPS) is 58.3. The number of rotatable bonds is 3. The van der Waals surface area contributed by atoms with Crippen molar-refractivity contribution in [3.63, 3.8) is 0 Å². The highest BCUT2D eigenvalue weighted by Crippen LogP contribution is 2.82. The van der Waals surface area contributed by atoms with E-state index in [1.54, 1.807) is 0 Å². The fourth-order valence-corrected chi connectivity index (χ4v) is 9.61. The highest BCUT2D eigenvalue weighted by molar-refractivity contribution is 5.70. The van der Waals surface area contributed by atoms with E-state index in [0.29, 0.717) is 28.8 Å². The van der Waals surface area contributed by atoms with Gasteiger partial charge in [-0.25, -0.2) is 0 Å². The number of hydrogen-bond acceptors (Lipinski definition) is 2. The van der Waals surface area contributed by atoms with Gasteiger partial charge in [-0.05, 0) is 91.8 Å². The molecule has 5 aliphatic carbocycles. The Morgan fingerprint density at radius 1 is 1.12 bits per heavy atom. The monoisotopic (exact) mass is 360 g/mol. The van der Waals surface area contributed by atoms with Gasteiger partial charge in [-0.15, -0.1) is 0 Å². The van der Waals surface area contributed by atoms with Gasteiger partial charge in [0.2, 0.25) is 0 Å². The molecule has 5 saturated carbocycles. The van der Waals surface area contributed by atoms with Crippen LogP contribution in [0.4, 0.5) is 0 Å². The van der Waals surface area contributed by atoms with Crippen LogP contribution in [0.3, 0.4) is 0 Å². The number of carbonyl (C=O) groups is 1. The Kier molecular flexibility index (Phi) is 3.55. The smallest absolute Gasteiger partial charge is 0.306 e. The van der Waals surface area contributed by atoms with Gasteiger partial charge in [0, 0.05) is 12.5 Å². The van der Waals surface area contributed by atoms with Crippen molar-refractivity contribution < 1.29 is 14.6 Å². The second-order valence-corrected chi connectivity index (χ2v) is 11.1. The SMILES string of the molecule is COC1C[C@H]2[C@@H]3CC[C@H]([C@H](C)C(=O)O)[C@@]3(C)CC[C@@H]2[C@@]2(C)CC[C@@H]3CC132. The lowest BCUT2D eigenvalue weighted by atomic mass is 9.45. The molecule has 0 bridgehead atoms. The van der Waals surface area contributed by atoms with Crippen LogP contribution in [0, 0.1) is 51.8 Å². The summed E-state index contributed by atoms with van der Waals surface area (Å²) in [5.41, 5.74) is 1.18.